The molecule has 0 saturated carbocycles. The van der Waals surface area contributed by atoms with Crippen molar-refractivity contribution < 1.29 is 28.9 Å². The van der Waals surface area contributed by atoms with Gasteiger partial charge in [0.2, 0.25) is 0 Å². The second kappa shape index (κ2) is 14.8. The number of carbonyl (C=O) groups is 2. The normalized spacial score (nSPS) is 17.0. The van der Waals surface area contributed by atoms with Crippen molar-refractivity contribution in [3.05, 3.63) is 142 Å². The van der Waals surface area contributed by atoms with Crippen LogP contribution in [0.1, 0.15) is 66.9 Å². The SMILES string of the molecule is COC1CCc2cc(C(=O)OCc3ccccc3)ccc2C1.O=C(OCc1ccccc1)c1ccc2c(c1)CCC(O)C2. The molecule has 6 heteroatoms. The van der Waals surface area contributed by atoms with Gasteiger partial charge in [-0.1, -0.05) is 72.8 Å². The lowest BCUT2D eigenvalue weighted by Crippen LogP contribution is -2.21. The molecule has 43 heavy (non-hydrogen) atoms. The Morgan fingerprint density at radius 2 is 1.14 bits per heavy atom. The molecule has 222 valence electrons. The summed E-state index contributed by atoms with van der Waals surface area (Å²) in [6.07, 6.45) is 5.17. The van der Waals surface area contributed by atoms with E-state index in [4.69, 9.17) is 14.2 Å². The molecule has 0 bridgehead atoms. The van der Waals surface area contributed by atoms with Crippen molar-refractivity contribution in [1.29, 1.82) is 0 Å². The van der Waals surface area contributed by atoms with Crippen LogP contribution < -0.4 is 0 Å². The number of hydrogen-bond donors (Lipinski definition) is 1. The first-order valence-electron chi connectivity index (χ1n) is 14.8. The molecule has 0 spiro atoms. The van der Waals surface area contributed by atoms with Gasteiger partial charge in [0, 0.05) is 7.11 Å². The molecule has 2 atom stereocenters. The summed E-state index contributed by atoms with van der Waals surface area (Å²) in [6, 6.07) is 30.8. The third-order valence-corrected chi connectivity index (χ3v) is 8.03. The molecule has 6 nitrogen and oxygen atoms in total. The lowest BCUT2D eigenvalue weighted by molar-refractivity contribution is 0.0463. The number of fused-ring (bicyclic) bond motifs is 2. The zero-order valence-corrected chi connectivity index (χ0v) is 24.5. The van der Waals surface area contributed by atoms with Gasteiger partial charge in [0.15, 0.2) is 0 Å². The summed E-state index contributed by atoms with van der Waals surface area (Å²) in [6.45, 7) is 0.595. The average molecular weight is 579 g/mol. The summed E-state index contributed by atoms with van der Waals surface area (Å²) in [5.41, 5.74) is 7.98. The minimum atomic E-state index is -0.298. The zero-order chi connectivity index (χ0) is 30.0. The molecule has 2 aliphatic carbocycles. The highest BCUT2D eigenvalue weighted by molar-refractivity contribution is 5.90. The van der Waals surface area contributed by atoms with Crippen LogP contribution in [0.4, 0.5) is 0 Å². The van der Waals surface area contributed by atoms with Crippen LogP contribution in [-0.4, -0.2) is 36.4 Å². The Hall–Kier alpha value is -4.26. The summed E-state index contributed by atoms with van der Waals surface area (Å²) < 4.78 is 16.1. The van der Waals surface area contributed by atoms with Crippen LogP contribution in [0.5, 0.6) is 0 Å². The standard InChI is InChI=1S/C19H20O3.C18H18O3/c1-21-18-10-9-15-11-17(8-7-16(15)12-18)19(20)22-13-14-5-3-2-4-6-14;19-17-9-8-14-10-16(7-6-15(14)11-17)18(20)21-12-13-4-2-1-3-5-13/h2-8,11,18H,9-10,12-13H2,1H3;1-7,10,17,19H,8-9,11-12H2. The van der Waals surface area contributed by atoms with Gasteiger partial charge >= 0.3 is 11.9 Å². The van der Waals surface area contributed by atoms with Crippen molar-refractivity contribution >= 4 is 11.9 Å². The van der Waals surface area contributed by atoms with Crippen molar-refractivity contribution in [3.63, 3.8) is 0 Å². The van der Waals surface area contributed by atoms with E-state index in [0.717, 1.165) is 54.4 Å². The van der Waals surface area contributed by atoms with Crippen molar-refractivity contribution in [2.45, 2.75) is 63.9 Å². The molecule has 1 N–H and O–H groups in total. The quantitative estimate of drug-likeness (QED) is 0.254. The van der Waals surface area contributed by atoms with Gasteiger partial charge in [-0.25, -0.2) is 9.59 Å². The summed E-state index contributed by atoms with van der Waals surface area (Å²) >= 11 is 0. The number of benzene rings is 4. The van der Waals surface area contributed by atoms with Gasteiger partial charge in [0.1, 0.15) is 13.2 Å². The van der Waals surface area contributed by atoms with Gasteiger partial charge in [-0.05, 0) is 96.2 Å². The number of methoxy groups -OCH3 is 1. The van der Waals surface area contributed by atoms with Gasteiger partial charge in [-0.2, -0.15) is 0 Å². The predicted molar refractivity (Wildman–Crippen MR) is 165 cm³/mol. The van der Waals surface area contributed by atoms with E-state index in [1.54, 1.807) is 13.2 Å². The average Bonchev–Trinajstić information content (AvgIpc) is 3.06. The van der Waals surface area contributed by atoms with Crippen molar-refractivity contribution in [2.24, 2.45) is 0 Å². The van der Waals surface area contributed by atoms with Crippen LogP contribution in [0.3, 0.4) is 0 Å². The molecule has 0 aromatic heterocycles. The van der Waals surface area contributed by atoms with E-state index in [2.05, 4.69) is 0 Å². The summed E-state index contributed by atoms with van der Waals surface area (Å²) in [5, 5.41) is 9.65. The van der Waals surface area contributed by atoms with Crippen LogP contribution in [-0.2, 0) is 53.1 Å². The van der Waals surface area contributed by atoms with Gasteiger partial charge < -0.3 is 19.3 Å². The predicted octanol–water partition coefficient (Wildman–Crippen LogP) is 6.44. The maximum absolute atomic E-state index is 12.2. The minimum Gasteiger partial charge on any atom is -0.457 e. The Labute approximate surface area is 253 Å². The number of aryl methyl sites for hydroxylation is 2. The first-order chi connectivity index (χ1) is 21.0. The molecule has 6 rings (SSSR count). The number of ether oxygens (including phenoxy) is 3. The monoisotopic (exact) mass is 578 g/mol. The third-order valence-electron chi connectivity index (χ3n) is 8.03. The van der Waals surface area contributed by atoms with E-state index in [9.17, 15) is 14.7 Å². The minimum absolute atomic E-state index is 0.256. The van der Waals surface area contributed by atoms with Crippen molar-refractivity contribution in [2.75, 3.05) is 7.11 Å². The Morgan fingerprint density at radius 3 is 1.65 bits per heavy atom. The van der Waals surface area contributed by atoms with Gasteiger partial charge in [-0.3, -0.25) is 0 Å². The molecule has 2 unspecified atom stereocenters. The van der Waals surface area contributed by atoms with Crippen LogP contribution in [0, 0.1) is 0 Å². The van der Waals surface area contributed by atoms with E-state index in [0.29, 0.717) is 30.3 Å². The van der Waals surface area contributed by atoms with Crippen LogP contribution in [0.15, 0.2) is 97.1 Å². The lowest BCUT2D eigenvalue weighted by Gasteiger charge is -2.23. The molecule has 2 aliphatic rings. The summed E-state index contributed by atoms with van der Waals surface area (Å²) in [7, 11) is 1.75. The molecule has 0 radical (unpaired) electrons. The van der Waals surface area contributed by atoms with Crippen LogP contribution in [0.2, 0.25) is 0 Å². The smallest absolute Gasteiger partial charge is 0.338 e. The fourth-order valence-corrected chi connectivity index (χ4v) is 5.53. The van der Waals surface area contributed by atoms with E-state index < -0.39 is 0 Å². The number of aliphatic hydroxyl groups excluding tert-OH is 1. The Kier molecular flexibility index (Phi) is 10.4. The van der Waals surface area contributed by atoms with Gasteiger partial charge in [-0.15, -0.1) is 0 Å². The van der Waals surface area contributed by atoms with Gasteiger partial charge in [0.05, 0.1) is 23.3 Å². The largest absolute Gasteiger partial charge is 0.457 e. The molecule has 0 heterocycles. The highest BCUT2D eigenvalue weighted by Gasteiger charge is 2.20. The van der Waals surface area contributed by atoms with E-state index in [1.165, 1.54) is 11.1 Å². The molecule has 0 fully saturated rings. The summed E-state index contributed by atoms with van der Waals surface area (Å²) in [5.74, 6) is -0.562. The molecule has 0 amide bonds. The topological polar surface area (TPSA) is 82.1 Å². The molecular formula is C37H38O6. The van der Waals surface area contributed by atoms with Crippen LogP contribution in [0.25, 0.3) is 0 Å². The number of esters is 2. The second-order valence-corrected chi connectivity index (χ2v) is 11.1. The summed E-state index contributed by atoms with van der Waals surface area (Å²) in [4.78, 5) is 24.3. The Bertz CT molecular complexity index is 1520. The maximum Gasteiger partial charge on any atom is 0.338 e. The highest BCUT2D eigenvalue weighted by Crippen LogP contribution is 2.25. The lowest BCUT2D eigenvalue weighted by atomic mass is 9.88. The van der Waals surface area contributed by atoms with Crippen LogP contribution >= 0.6 is 0 Å². The molecule has 4 aromatic carbocycles. The molecular weight excluding hydrogens is 540 g/mol. The first-order valence-corrected chi connectivity index (χ1v) is 14.8. The Balaban J connectivity index is 0.000000171. The highest BCUT2D eigenvalue weighted by atomic mass is 16.5. The van der Waals surface area contributed by atoms with Crippen molar-refractivity contribution in [3.8, 4) is 0 Å². The fraction of sp³-hybridized carbons (Fsp3) is 0.297. The van der Waals surface area contributed by atoms with E-state index in [-0.39, 0.29) is 24.6 Å². The number of carbonyl (C=O) groups excluding carboxylic acids is 2. The first kappa shape index (κ1) is 30.2. The fourth-order valence-electron chi connectivity index (χ4n) is 5.53. The Morgan fingerprint density at radius 1 is 0.651 bits per heavy atom. The van der Waals surface area contributed by atoms with E-state index >= 15 is 0 Å². The van der Waals surface area contributed by atoms with E-state index in [1.807, 2.05) is 91.0 Å². The zero-order valence-electron chi connectivity index (χ0n) is 24.5. The third kappa shape index (κ3) is 8.40. The molecule has 0 aliphatic heterocycles. The van der Waals surface area contributed by atoms with Gasteiger partial charge in [0.25, 0.3) is 0 Å². The second-order valence-electron chi connectivity index (χ2n) is 11.1. The molecule has 4 aromatic rings. The maximum atomic E-state index is 12.2. The number of hydrogen-bond acceptors (Lipinski definition) is 6. The van der Waals surface area contributed by atoms with Crippen molar-refractivity contribution in [1.82, 2.24) is 0 Å². The molecule has 0 saturated heterocycles. The number of aliphatic hydroxyl groups is 1. The number of rotatable bonds is 7.